The molecule has 2 fully saturated rings. The Labute approximate surface area is 107 Å². The normalized spacial score (nSPS) is 36.6. The Bertz CT molecular complexity index is 676. The summed E-state index contributed by atoms with van der Waals surface area (Å²) < 4.78 is 21.8. The number of alkyl halides is 1. The molecule has 7 nitrogen and oxygen atoms in total. The zero-order valence-corrected chi connectivity index (χ0v) is 9.95. The first kappa shape index (κ1) is 11.1. The van der Waals surface area contributed by atoms with E-state index in [9.17, 15) is 4.39 Å². The lowest BCUT2D eigenvalue weighted by Crippen LogP contribution is -2.21. The lowest BCUT2D eigenvalue weighted by Gasteiger charge is -2.15. The highest BCUT2D eigenvalue weighted by atomic mass is 19.1. The van der Waals surface area contributed by atoms with E-state index >= 15 is 0 Å². The number of nitrogens with zero attached hydrogens (tertiary/aromatic N) is 4. The molecule has 2 aliphatic rings. The van der Waals surface area contributed by atoms with Crippen LogP contribution in [-0.2, 0) is 10.3 Å². The molecule has 1 saturated heterocycles. The number of hydrogen-bond acceptors (Lipinski definition) is 6. The van der Waals surface area contributed by atoms with Crippen LogP contribution >= 0.6 is 0 Å². The van der Waals surface area contributed by atoms with Crippen LogP contribution < -0.4 is 5.73 Å². The van der Waals surface area contributed by atoms with E-state index in [-0.39, 0.29) is 25.3 Å². The quantitative estimate of drug-likeness (QED) is 0.780. The van der Waals surface area contributed by atoms with Crippen LogP contribution in [0.15, 0.2) is 12.5 Å². The average molecular weight is 265 g/mol. The molecule has 2 aromatic rings. The molecular formula is C11H12FN5O2. The van der Waals surface area contributed by atoms with Crippen LogP contribution in [0, 0.1) is 0 Å². The first-order valence-electron chi connectivity index (χ1n) is 6.02. The first-order valence-corrected chi connectivity index (χ1v) is 6.02. The number of halogens is 1. The van der Waals surface area contributed by atoms with Crippen molar-refractivity contribution in [2.24, 2.45) is 0 Å². The summed E-state index contributed by atoms with van der Waals surface area (Å²) in [5.41, 5.74) is 4.11. The third-order valence-electron chi connectivity index (χ3n) is 4.00. The second-order valence-electron chi connectivity index (χ2n) is 5.12. The number of rotatable bonds is 2. The van der Waals surface area contributed by atoms with Gasteiger partial charge >= 0.3 is 0 Å². The Hall–Kier alpha value is -1.80. The first-order chi connectivity index (χ1) is 9.10. The molecule has 4 rings (SSSR count). The number of nitrogen functional groups attached to an aromatic ring is 1. The smallest absolute Gasteiger partial charge is 0.196 e. The molecule has 1 saturated carbocycles. The molecule has 19 heavy (non-hydrogen) atoms. The molecule has 3 atom stereocenters. The topological polar surface area (TPSA) is 98.6 Å². The number of imidazole rings is 1. The summed E-state index contributed by atoms with van der Waals surface area (Å²) in [7, 11) is 0. The maximum absolute atomic E-state index is 14.6. The number of ether oxygens (including phenoxy) is 1. The number of aliphatic hydroxyl groups is 1. The van der Waals surface area contributed by atoms with Crippen LogP contribution in [0.1, 0.15) is 18.5 Å². The summed E-state index contributed by atoms with van der Waals surface area (Å²) in [5, 5.41) is 13.2. The van der Waals surface area contributed by atoms with E-state index < -0.39 is 17.4 Å². The second-order valence-corrected chi connectivity index (χ2v) is 5.12. The number of hydrogen-bond donors (Lipinski definition) is 2. The van der Waals surface area contributed by atoms with Crippen LogP contribution in [0.3, 0.4) is 0 Å². The molecule has 2 aromatic heterocycles. The lowest BCUT2D eigenvalue weighted by molar-refractivity contribution is -0.0309. The van der Waals surface area contributed by atoms with Crippen molar-refractivity contribution in [1.29, 1.82) is 0 Å². The monoisotopic (exact) mass is 265 g/mol. The number of fused-ring (bicyclic) bond motifs is 2. The summed E-state index contributed by atoms with van der Waals surface area (Å²) >= 11 is 0. The molecule has 0 unspecified atom stereocenters. The minimum Gasteiger partial charge on any atom is -0.394 e. The van der Waals surface area contributed by atoms with Gasteiger partial charge in [-0.05, 0) is 0 Å². The van der Waals surface area contributed by atoms with Gasteiger partial charge in [0, 0.05) is 12.8 Å². The van der Waals surface area contributed by atoms with E-state index in [4.69, 9.17) is 15.6 Å². The largest absolute Gasteiger partial charge is 0.394 e. The standard InChI is InChI=1S/C11H12FN5O2/c12-10-1-6(3-18)19-11(10,4-10)7-2-14-9-8(13)15-5-16-17(7)9/h2,5-6,18H,1,3-4H2,(H2,13,15,16)/t6-,10-,11-/m0/s1. The Morgan fingerprint density at radius 3 is 3.16 bits per heavy atom. The van der Waals surface area contributed by atoms with E-state index in [1.807, 2.05) is 0 Å². The summed E-state index contributed by atoms with van der Waals surface area (Å²) in [6.07, 6.45) is 2.78. The van der Waals surface area contributed by atoms with Crippen molar-refractivity contribution in [3.05, 3.63) is 18.2 Å². The van der Waals surface area contributed by atoms with Crippen molar-refractivity contribution < 1.29 is 14.2 Å². The third-order valence-corrected chi connectivity index (χ3v) is 4.00. The van der Waals surface area contributed by atoms with Gasteiger partial charge in [-0.3, -0.25) is 0 Å². The highest BCUT2D eigenvalue weighted by Crippen LogP contribution is 2.68. The van der Waals surface area contributed by atoms with Crippen molar-refractivity contribution in [1.82, 2.24) is 19.6 Å². The zero-order valence-electron chi connectivity index (χ0n) is 9.95. The predicted molar refractivity (Wildman–Crippen MR) is 61.9 cm³/mol. The zero-order chi connectivity index (χ0) is 13.3. The molecule has 100 valence electrons. The molecule has 0 radical (unpaired) electrons. The summed E-state index contributed by atoms with van der Waals surface area (Å²) in [5.74, 6) is 0.236. The minimum atomic E-state index is -1.45. The van der Waals surface area contributed by atoms with Crippen LogP contribution in [-0.4, -0.2) is 43.1 Å². The maximum Gasteiger partial charge on any atom is 0.196 e. The molecule has 0 bridgehead atoms. The average Bonchev–Trinajstić information content (AvgIpc) is 2.76. The number of aliphatic hydroxyl groups excluding tert-OH is 1. The van der Waals surface area contributed by atoms with Crippen LogP contribution in [0.5, 0.6) is 0 Å². The Balaban J connectivity index is 1.86. The number of anilines is 1. The molecular weight excluding hydrogens is 253 g/mol. The van der Waals surface area contributed by atoms with Gasteiger partial charge in [-0.2, -0.15) is 5.10 Å². The van der Waals surface area contributed by atoms with E-state index in [1.54, 1.807) is 0 Å². The molecule has 8 heteroatoms. The molecule has 3 heterocycles. The Morgan fingerprint density at radius 1 is 1.58 bits per heavy atom. The predicted octanol–water partition coefficient (Wildman–Crippen LogP) is -0.205. The second kappa shape index (κ2) is 3.20. The van der Waals surface area contributed by atoms with Crippen molar-refractivity contribution >= 4 is 11.5 Å². The van der Waals surface area contributed by atoms with Gasteiger partial charge in [0.2, 0.25) is 0 Å². The molecule has 0 amide bonds. The summed E-state index contributed by atoms with van der Waals surface area (Å²) in [6, 6.07) is 0. The summed E-state index contributed by atoms with van der Waals surface area (Å²) in [4.78, 5) is 7.96. The Morgan fingerprint density at radius 2 is 2.42 bits per heavy atom. The third kappa shape index (κ3) is 1.20. The molecule has 1 aliphatic heterocycles. The fourth-order valence-electron chi connectivity index (χ4n) is 3.01. The van der Waals surface area contributed by atoms with Crippen molar-refractivity contribution in [2.75, 3.05) is 12.3 Å². The van der Waals surface area contributed by atoms with Gasteiger partial charge in [0.1, 0.15) is 11.9 Å². The van der Waals surface area contributed by atoms with Crippen LogP contribution in [0.25, 0.3) is 5.65 Å². The SMILES string of the molecule is Nc1ncnn2c([C@@]34C[C@@]3(F)C[C@@H](CO)O4)cnc12. The van der Waals surface area contributed by atoms with Gasteiger partial charge in [0.15, 0.2) is 17.1 Å². The molecule has 0 spiro atoms. The van der Waals surface area contributed by atoms with Gasteiger partial charge < -0.3 is 15.6 Å². The van der Waals surface area contributed by atoms with Gasteiger partial charge in [-0.15, -0.1) is 0 Å². The van der Waals surface area contributed by atoms with Gasteiger partial charge in [0.25, 0.3) is 0 Å². The lowest BCUT2D eigenvalue weighted by atomic mass is 10.1. The van der Waals surface area contributed by atoms with Crippen molar-refractivity contribution in [2.45, 2.75) is 30.2 Å². The van der Waals surface area contributed by atoms with Gasteiger partial charge in [0.05, 0.1) is 24.6 Å². The van der Waals surface area contributed by atoms with Crippen molar-refractivity contribution in [3.8, 4) is 0 Å². The van der Waals surface area contributed by atoms with Gasteiger partial charge in [-0.25, -0.2) is 18.9 Å². The highest BCUT2D eigenvalue weighted by molar-refractivity contribution is 5.59. The number of aromatic nitrogens is 4. The van der Waals surface area contributed by atoms with Crippen LogP contribution in [0.4, 0.5) is 10.2 Å². The van der Waals surface area contributed by atoms with Crippen LogP contribution in [0.2, 0.25) is 0 Å². The van der Waals surface area contributed by atoms with E-state index in [1.165, 1.54) is 17.0 Å². The number of nitrogens with two attached hydrogens (primary N) is 1. The van der Waals surface area contributed by atoms with Gasteiger partial charge in [-0.1, -0.05) is 0 Å². The minimum absolute atomic E-state index is 0.192. The highest BCUT2D eigenvalue weighted by Gasteiger charge is 2.78. The van der Waals surface area contributed by atoms with Crippen molar-refractivity contribution in [3.63, 3.8) is 0 Å². The molecule has 0 aromatic carbocycles. The van der Waals surface area contributed by atoms with E-state index in [0.717, 1.165) is 0 Å². The summed E-state index contributed by atoms with van der Waals surface area (Å²) in [6.45, 7) is -0.193. The molecule has 1 aliphatic carbocycles. The fourth-order valence-corrected chi connectivity index (χ4v) is 3.01. The van der Waals surface area contributed by atoms with E-state index in [2.05, 4.69) is 15.1 Å². The molecule has 3 N–H and O–H groups in total. The Kier molecular flexibility index (Phi) is 1.86. The van der Waals surface area contributed by atoms with E-state index in [0.29, 0.717) is 11.3 Å². The fraction of sp³-hybridized carbons (Fsp3) is 0.545. The maximum atomic E-state index is 14.6.